The summed E-state index contributed by atoms with van der Waals surface area (Å²) in [6.45, 7) is 5.62. The fraction of sp³-hybridized carbons (Fsp3) is 0.526. The summed E-state index contributed by atoms with van der Waals surface area (Å²) in [7, 11) is 0. The van der Waals surface area contributed by atoms with Crippen molar-refractivity contribution in [1.82, 2.24) is 15.5 Å². The van der Waals surface area contributed by atoms with Crippen molar-refractivity contribution in [3.63, 3.8) is 0 Å². The van der Waals surface area contributed by atoms with E-state index in [2.05, 4.69) is 10.6 Å². The Bertz CT molecular complexity index is 741. The number of benzene rings is 1. The minimum atomic E-state index is -0.895. The highest BCUT2D eigenvalue weighted by Crippen LogP contribution is 2.17. The smallest absolute Gasteiger partial charge is 0.408 e. The third kappa shape index (κ3) is 6.47. The minimum Gasteiger partial charge on any atom is -0.444 e. The molecule has 1 aromatic carbocycles. The molecule has 2 N–H and O–H groups in total. The van der Waals surface area contributed by atoms with Gasteiger partial charge in [-0.3, -0.25) is 9.59 Å². The van der Waals surface area contributed by atoms with Crippen LogP contribution >= 0.6 is 0 Å². The van der Waals surface area contributed by atoms with Crippen LogP contribution in [-0.4, -0.2) is 54.1 Å². The lowest BCUT2D eigenvalue weighted by atomic mass is 10.0. The van der Waals surface area contributed by atoms with E-state index in [0.717, 1.165) is 12.1 Å². The maximum Gasteiger partial charge on any atom is 0.408 e. The summed E-state index contributed by atoms with van der Waals surface area (Å²) >= 11 is 0. The van der Waals surface area contributed by atoms with Crippen LogP contribution in [0.15, 0.2) is 18.2 Å². The monoisotopic (exact) mass is 397 g/mol. The summed E-state index contributed by atoms with van der Waals surface area (Å²) in [4.78, 5) is 37.3. The summed E-state index contributed by atoms with van der Waals surface area (Å²) in [5.74, 6) is -2.50. The van der Waals surface area contributed by atoms with Gasteiger partial charge in [-0.15, -0.1) is 0 Å². The predicted molar refractivity (Wildman–Crippen MR) is 97.7 cm³/mol. The number of carbonyl (C=O) groups excluding carboxylic acids is 3. The second-order valence-corrected chi connectivity index (χ2v) is 7.61. The Labute approximate surface area is 162 Å². The van der Waals surface area contributed by atoms with Gasteiger partial charge in [-0.05, 0) is 45.7 Å². The van der Waals surface area contributed by atoms with Crippen LogP contribution in [0.3, 0.4) is 0 Å². The van der Waals surface area contributed by atoms with Crippen molar-refractivity contribution >= 4 is 17.9 Å². The first-order valence-corrected chi connectivity index (χ1v) is 9.05. The largest absolute Gasteiger partial charge is 0.444 e. The molecule has 0 bridgehead atoms. The molecule has 1 aliphatic heterocycles. The lowest BCUT2D eigenvalue weighted by molar-refractivity contribution is -0.121. The van der Waals surface area contributed by atoms with Crippen molar-refractivity contribution in [2.75, 3.05) is 19.6 Å². The molecule has 1 aliphatic rings. The highest BCUT2D eigenvalue weighted by molar-refractivity contribution is 5.94. The molecular formula is C19H25F2N3O4. The van der Waals surface area contributed by atoms with E-state index in [4.69, 9.17) is 4.74 Å². The lowest BCUT2D eigenvalue weighted by Gasteiger charge is -2.32. The van der Waals surface area contributed by atoms with Crippen LogP contribution in [-0.2, 0) is 9.53 Å². The number of carbonyl (C=O) groups is 3. The highest BCUT2D eigenvalue weighted by atomic mass is 19.1. The summed E-state index contributed by atoms with van der Waals surface area (Å²) in [5.41, 5.74) is -0.824. The van der Waals surface area contributed by atoms with Gasteiger partial charge in [0.1, 0.15) is 23.8 Å². The molecule has 1 heterocycles. The topological polar surface area (TPSA) is 87.7 Å². The van der Waals surface area contributed by atoms with Crippen LogP contribution in [0, 0.1) is 11.6 Å². The molecule has 9 heteroatoms. The fourth-order valence-corrected chi connectivity index (χ4v) is 2.81. The number of piperidine rings is 1. The lowest BCUT2D eigenvalue weighted by Crippen LogP contribution is -2.49. The third-order valence-corrected chi connectivity index (χ3v) is 4.10. The van der Waals surface area contributed by atoms with Gasteiger partial charge in [0.15, 0.2) is 0 Å². The Hall–Kier alpha value is -2.71. The van der Waals surface area contributed by atoms with Gasteiger partial charge in [-0.1, -0.05) is 0 Å². The normalized spacial score (nSPS) is 15.1. The molecule has 0 atom stereocenters. The zero-order chi connectivity index (χ0) is 20.9. The van der Waals surface area contributed by atoms with E-state index >= 15 is 0 Å². The first-order valence-electron chi connectivity index (χ1n) is 9.05. The first-order chi connectivity index (χ1) is 13.0. The van der Waals surface area contributed by atoms with Crippen molar-refractivity contribution in [2.24, 2.45) is 0 Å². The number of halogens is 2. The Morgan fingerprint density at radius 1 is 1.18 bits per heavy atom. The Kier molecular flexibility index (Phi) is 6.93. The molecule has 154 valence electrons. The van der Waals surface area contributed by atoms with E-state index in [1.54, 1.807) is 20.8 Å². The maximum absolute atomic E-state index is 13.8. The van der Waals surface area contributed by atoms with Gasteiger partial charge in [-0.2, -0.15) is 0 Å². The molecule has 28 heavy (non-hydrogen) atoms. The van der Waals surface area contributed by atoms with E-state index in [1.807, 2.05) is 0 Å². The van der Waals surface area contributed by atoms with Crippen molar-refractivity contribution in [1.29, 1.82) is 0 Å². The van der Waals surface area contributed by atoms with Gasteiger partial charge in [0, 0.05) is 25.2 Å². The first kappa shape index (κ1) is 21.6. The SMILES string of the molecule is CC(C)(C)OC(=O)NCC(=O)NC1CCN(C(=O)c2ccc(F)cc2F)CC1. The predicted octanol–water partition coefficient (Wildman–Crippen LogP) is 2.21. The van der Waals surface area contributed by atoms with Gasteiger partial charge in [0.25, 0.3) is 5.91 Å². The second-order valence-electron chi connectivity index (χ2n) is 7.61. The summed E-state index contributed by atoms with van der Waals surface area (Å²) in [6.07, 6.45) is 0.309. The van der Waals surface area contributed by atoms with E-state index in [9.17, 15) is 23.2 Å². The molecule has 0 unspecified atom stereocenters. The molecule has 7 nitrogen and oxygen atoms in total. The zero-order valence-electron chi connectivity index (χ0n) is 16.2. The van der Waals surface area contributed by atoms with E-state index < -0.39 is 29.2 Å². The number of hydrogen-bond donors (Lipinski definition) is 2. The van der Waals surface area contributed by atoms with Gasteiger partial charge < -0.3 is 20.3 Å². The molecule has 0 saturated carbocycles. The number of likely N-dealkylation sites (tertiary alicyclic amines) is 1. The number of nitrogens with one attached hydrogen (secondary N) is 2. The molecule has 3 amide bonds. The standard InChI is InChI=1S/C19H25F2N3O4/c1-19(2,3)28-18(27)22-11-16(25)23-13-6-8-24(9-7-13)17(26)14-5-4-12(20)10-15(14)21/h4-5,10,13H,6-9,11H2,1-3H3,(H,22,27)(H,23,25). The molecule has 1 aromatic rings. The molecule has 0 aromatic heterocycles. The average molecular weight is 397 g/mol. The van der Waals surface area contributed by atoms with Gasteiger partial charge in [-0.25, -0.2) is 13.6 Å². The van der Waals surface area contributed by atoms with Crippen LogP contribution in [0.1, 0.15) is 44.0 Å². The summed E-state index contributed by atoms with van der Waals surface area (Å²) < 4.78 is 31.8. The average Bonchev–Trinajstić information content (AvgIpc) is 2.59. The van der Waals surface area contributed by atoms with Crippen LogP contribution < -0.4 is 10.6 Å². The second kappa shape index (κ2) is 8.99. The van der Waals surface area contributed by atoms with E-state index in [0.29, 0.717) is 32.0 Å². The molecule has 1 saturated heterocycles. The molecule has 0 spiro atoms. The van der Waals surface area contributed by atoms with Crippen molar-refractivity contribution in [3.8, 4) is 0 Å². The number of hydrogen-bond acceptors (Lipinski definition) is 4. The molecule has 0 aliphatic carbocycles. The van der Waals surface area contributed by atoms with Gasteiger partial charge in [0.05, 0.1) is 5.56 Å². The van der Waals surface area contributed by atoms with Crippen LogP contribution in [0.5, 0.6) is 0 Å². The van der Waals surface area contributed by atoms with Crippen molar-refractivity contribution in [3.05, 3.63) is 35.4 Å². The fourth-order valence-electron chi connectivity index (χ4n) is 2.81. The maximum atomic E-state index is 13.8. The number of nitrogens with zero attached hydrogens (tertiary/aromatic N) is 1. The Morgan fingerprint density at radius 3 is 2.39 bits per heavy atom. The number of alkyl carbamates (subject to hydrolysis) is 1. The molecular weight excluding hydrogens is 372 g/mol. The number of ether oxygens (including phenoxy) is 1. The number of rotatable bonds is 4. The summed E-state index contributed by atoms with van der Waals surface area (Å²) in [6, 6.07) is 2.69. The number of amides is 3. The van der Waals surface area contributed by atoms with Crippen LogP contribution in [0.2, 0.25) is 0 Å². The van der Waals surface area contributed by atoms with Gasteiger partial charge >= 0.3 is 6.09 Å². The molecule has 2 rings (SSSR count). The quantitative estimate of drug-likeness (QED) is 0.816. The minimum absolute atomic E-state index is 0.157. The van der Waals surface area contributed by atoms with Gasteiger partial charge in [0.2, 0.25) is 5.91 Å². The zero-order valence-corrected chi connectivity index (χ0v) is 16.2. The molecule has 1 fully saturated rings. The van der Waals surface area contributed by atoms with Crippen LogP contribution in [0.25, 0.3) is 0 Å². The third-order valence-electron chi connectivity index (χ3n) is 4.10. The summed E-state index contributed by atoms with van der Waals surface area (Å²) in [5, 5.41) is 5.16. The van der Waals surface area contributed by atoms with E-state index in [1.165, 1.54) is 4.90 Å². The van der Waals surface area contributed by atoms with Crippen LogP contribution in [0.4, 0.5) is 13.6 Å². The molecule has 0 radical (unpaired) electrons. The Balaban J connectivity index is 1.76. The van der Waals surface area contributed by atoms with Crippen molar-refractivity contribution in [2.45, 2.75) is 45.3 Å². The highest BCUT2D eigenvalue weighted by Gasteiger charge is 2.26. The van der Waals surface area contributed by atoms with Crippen molar-refractivity contribution < 1.29 is 27.9 Å². The Morgan fingerprint density at radius 2 is 1.82 bits per heavy atom. The van der Waals surface area contributed by atoms with E-state index in [-0.39, 0.29) is 24.1 Å².